The molecule has 1 spiro atoms. The number of Topliss-reactive ketones (excluding diaryl/α,β-unsaturated/α-hetero) is 1. The van der Waals surface area contributed by atoms with Crippen LogP contribution in [0.3, 0.4) is 0 Å². The van der Waals surface area contributed by atoms with Gasteiger partial charge in [0, 0.05) is 30.8 Å². The zero-order valence-electron chi connectivity index (χ0n) is 17.4. The third-order valence-electron chi connectivity index (χ3n) is 9.08. The summed E-state index contributed by atoms with van der Waals surface area (Å²) >= 11 is 0. The van der Waals surface area contributed by atoms with Crippen molar-refractivity contribution in [2.45, 2.75) is 62.4 Å². The van der Waals surface area contributed by atoms with Crippen molar-refractivity contribution < 1.29 is 43.5 Å². The molecule has 4 saturated carbocycles. The summed E-state index contributed by atoms with van der Waals surface area (Å²) in [6.07, 6.45) is -0.645. The quantitative estimate of drug-likeness (QED) is 0.471. The van der Waals surface area contributed by atoms with Crippen molar-refractivity contribution in [3.63, 3.8) is 0 Å². The summed E-state index contributed by atoms with van der Waals surface area (Å²) in [5.74, 6) is -3.51. The van der Waals surface area contributed by atoms with Gasteiger partial charge in [-0.3, -0.25) is 14.4 Å². The number of methoxy groups -OCH3 is 2. The molecule has 9 heteroatoms. The fourth-order valence-electron chi connectivity index (χ4n) is 8.01. The highest BCUT2D eigenvalue weighted by atomic mass is 16.7. The predicted molar refractivity (Wildman–Crippen MR) is 97.6 cm³/mol. The Morgan fingerprint density at radius 1 is 1.23 bits per heavy atom. The van der Waals surface area contributed by atoms with Gasteiger partial charge in [-0.2, -0.15) is 0 Å². The average molecular weight is 424 g/mol. The fraction of sp³-hybridized carbons (Fsp3) is 0.857. The van der Waals surface area contributed by atoms with Crippen LogP contribution in [0.25, 0.3) is 0 Å². The molecule has 9 nitrogen and oxygen atoms in total. The molecule has 5 fully saturated rings. The molecule has 1 aliphatic heterocycles. The number of carbonyl (C=O) groups excluding carboxylic acids is 3. The van der Waals surface area contributed by atoms with E-state index in [0.717, 1.165) is 0 Å². The number of aliphatic hydroxyl groups excluding tert-OH is 1. The Hall–Kier alpha value is -1.55. The van der Waals surface area contributed by atoms with Crippen molar-refractivity contribution in [3.8, 4) is 0 Å². The molecule has 5 aliphatic rings. The van der Waals surface area contributed by atoms with Gasteiger partial charge >= 0.3 is 11.9 Å². The monoisotopic (exact) mass is 424 g/mol. The molecule has 4 aliphatic carbocycles. The molecule has 0 unspecified atom stereocenters. The predicted octanol–water partition coefficient (Wildman–Crippen LogP) is -0.0486. The van der Waals surface area contributed by atoms with Crippen LogP contribution in [0.1, 0.15) is 39.0 Å². The van der Waals surface area contributed by atoms with Gasteiger partial charge in [0.15, 0.2) is 5.78 Å². The molecule has 0 aromatic rings. The highest BCUT2D eigenvalue weighted by Gasteiger charge is 2.87. The van der Waals surface area contributed by atoms with Crippen molar-refractivity contribution in [1.82, 2.24) is 0 Å². The Balaban J connectivity index is 1.71. The average Bonchev–Trinajstić information content (AvgIpc) is 3.08. The lowest BCUT2D eigenvalue weighted by Gasteiger charge is -2.48. The molecule has 30 heavy (non-hydrogen) atoms. The highest BCUT2D eigenvalue weighted by Crippen LogP contribution is 2.77. The lowest BCUT2D eigenvalue weighted by molar-refractivity contribution is -0.189. The van der Waals surface area contributed by atoms with Crippen LogP contribution in [0.15, 0.2) is 0 Å². The number of rotatable bonds is 4. The third kappa shape index (κ3) is 1.92. The van der Waals surface area contributed by atoms with Gasteiger partial charge in [0.2, 0.25) is 0 Å². The maximum atomic E-state index is 13.2. The molecule has 1 saturated heterocycles. The molecule has 0 aromatic heterocycles. The van der Waals surface area contributed by atoms with Crippen molar-refractivity contribution in [2.75, 3.05) is 21.0 Å². The van der Waals surface area contributed by atoms with E-state index in [1.807, 2.05) is 0 Å². The molecule has 0 amide bonds. The number of ether oxygens (including phenoxy) is 4. The van der Waals surface area contributed by atoms with E-state index in [-0.39, 0.29) is 19.6 Å². The number of fused-ring (bicyclic) bond motifs is 1. The van der Waals surface area contributed by atoms with Crippen LogP contribution in [-0.2, 0) is 33.3 Å². The molecule has 0 aromatic carbocycles. The van der Waals surface area contributed by atoms with Crippen molar-refractivity contribution in [1.29, 1.82) is 0 Å². The first-order valence-corrected chi connectivity index (χ1v) is 10.5. The SMILES string of the molecule is COCO[C@H]1CC[C@]23OC(=O)[C@@]1(C)[C@H]2[C@H](C(=O)OC)[C@]12CC(=O)[C@](O)(CC[C@@H]31)[C@H]2O. The molecule has 0 radical (unpaired) electrons. The van der Waals surface area contributed by atoms with Gasteiger partial charge in [-0.1, -0.05) is 0 Å². The largest absolute Gasteiger partial charge is 0.469 e. The summed E-state index contributed by atoms with van der Waals surface area (Å²) in [7, 11) is 2.75. The first-order chi connectivity index (χ1) is 14.1. The van der Waals surface area contributed by atoms with Gasteiger partial charge in [-0.25, -0.2) is 0 Å². The molecule has 4 bridgehead atoms. The van der Waals surface area contributed by atoms with E-state index in [4.69, 9.17) is 18.9 Å². The Bertz CT molecular complexity index is 827. The van der Waals surface area contributed by atoms with Gasteiger partial charge in [0.05, 0.1) is 30.7 Å². The first kappa shape index (κ1) is 20.4. The number of aliphatic hydroxyl groups is 2. The van der Waals surface area contributed by atoms with Crippen molar-refractivity contribution in [3.05, 3.63) is 0 Å². The van der Waals surface area contributed by atoms with E-state index >= 15 is 0 Å². The maximum absolute atomic E-state index is 13.2. The van der Waals surface area contributed by atoms with Crippen LogP contribution in [0.5, 0.6) is 0 Å². The van der Waals surface area contributed by atoms with Gasteiger partial charge < -0.3 is 29.2 Å². The Labute approximate surface area is 174 Å². The normalized spacial score (nSPS) is 53.3. The van der Waals surface area contributed by atoms with Crippen LogP contribution in [0.2, 0.25) is 0 Å². The van der Waals surface area contributed by atoms with Gasteiger partial charge in [0.25, 0.3) is 0 Å². The number of hydrogen-bond acceptors (Lipinski definition) is 9. The van der Waals surface area contributed by atoms with Crippen molar-refractivity contribution >= 4 is 17.7 Å². The standard InChI is InChI=1S/C21H28O9/c1-18-12(29-9-27-2)5-7-21(30-17(18)25)10-4-6-20(26)11(22)8-19(10,16(20)24)13(14(18)21)15(23)28-3/h10,12-14,16,24,26H,4-9H2,1-3H3/t10-,12+,13-,14-,16+,18-,19+,20-,21-/m1/s1. The Kier molecular flexibility index (Phi) is 4.09. The van der Waals surface area contributed by atoms with E-state index in [1.165, 1.54) is 14.2 Å². The number of esters is 2. The second kappa shape index (κ2) is 6.03. The second-order valence-electron chi connectivity index (χ2n) is 9.84. The van der Waals surface area contributed by atoms with Crippen molar-refractivity contribution in [2.24, 2.45) is 28.6 Å². The van der Waals surface area contributed by atoms with Crippen LogP contribution in [-0.4, -0.2) is 72.4 Å². The molecule has 5 rings (SSSR count). The lowest BCUT2D eigenvalue weighted by atomic mass is 9.59. The van der Waals surface area contributed by atoms with Crippen LogP contribution in [0.4, 0.5) is 0 Å². The third-order valence-corrected chi connectivity index (χ3v) is 9.08. The van der Waals surface area contributed by atoms with Crippen LogP contribution >= 0.6 is 0 Å². The Morgan fingerprint density at radius 3 is 2.63 bits per heavy atom. The zero-order valence-corrected chi connectivity index (χ0v) is 17.4. The summed E-state index contributed by atoms with van der Waals surface area (Å²) < 4.78 is 22.1. The van der Waals surface area contributed by atoms with Gasteiger partial charge in [0.1, 0.15) is 18.0 Å². The first-order valence-electron chi connectivity index (χ1n) is 10.5. The van der Waals surface area contributed by atoms with Crippen LogP contribution in [0, 0.1) is 28.6 Å². The summed E-state index contributed by atoms with van der Waals surface area (Å²) in [4.78, 5) is 39.2. The number of hydrogen-bond donors (Lipinski definition) is 2. The molecular weight excluding hydrogens is 396 g/mol. The van der Waals surface area contributed by atoms with E-state index in [2.05, 4.69) is 0 Å². The van der Waals surface area contributed by atoms with E-state index < -0.39 is 69.7 Å². The zero-order chi connectivity index (χ0) is 21.7. The minimum absolute atomic E-state index is 0.00835. The fourth-order valence-corrected chi connectivity index (χ4v) is 8.01. The van der Waals surface area contributed by atoms with Gasteiger partial charge in [-0.05, 0) is 32.6 Å². The van der Waals surface area contributed by atoms with E-state index in [9.17, 15) is 24.6 Å². The summed E-state index contributed by atoms with van der Waals surface area (Å²) in [5.41, 5.74) is -5.25. The topological polar surface area (TPSA) is 129 Å². The molecule has 166 valence electrons. The summed E-state index contributed by atoms with van der Waals surface area (Å²) in [6, 6.07) is 0. The highest BCUT2D eigenvalue weighted by molar-refractivity contribution is 5.94. The Morgan fingerprint density at radius 2 is 1.97 bits per heavy atom. The minimum atomic E-state index is -1.87. The maximum Gasteiger partial charge on any atom is 0.315 e. The van der Waals surface area contributed by atoms with Crippen LogP contribution < -0.4 is 0 Å². The second-order valence-corrected chi connectivity index (χ2v) is 9.84. The molecule has 1 heterocycles. The molecule has 9 atom stereocenters. The van der Waals surface area contributed by atoms with E-state index in [0.29, 0.717) is 19.3 Å². The summed E-state index contributed by atoms with van der Waals surface area (Å²) in [6.45, 7) is 1.73. The number of carbonyl (C=O) groups is 3. The number of ketones is 1. The molecule has 2 N–H and O–H groups in total. The van der Waals surface area contributed by atoms with E-state index in [1.54, 1.807) is 6.92 Å². The van der Waals surface area contributed by atoms with Gasteiger partial charge in [-0.15, -0.1) is 0 Å². The smallest absolute Gasteiger partial charge is 0.315 e. The molecular formula is C21H28O9. The minimum Gasteiger partial charge on any atom is -0.469 e. The lowest BCUT2D eigenvalue weighted by Crippen LogP contribution is -2.58. The summed E-state index contributed by atoms with van der Waals surface area (Å²) in [5, 5.41) is 22.2.